The minimum Gasteiger partial charge on any atom is -0.464 e. The summed E-state index contributed by atoms with van der Waals surface area (Å²) in [5.41, 5.74) is 8.13. The second-order valence-corrected chi connectivity index (χ2v) is 6.78. The maximum Gasteiger partial charge on any atom is 0.260 e. The molecule has 0 saturated heterocycles. The van der Waals surface area contributed by atoms with Crippen LogP contribution in [0.3, 0.4) is 0 Å². The molecule has 0 saturated carbocycles. The third kappa shape index (κ3) is 3.46. The van der Waals surface area contributed by atoms with Gasteiger partial charge in [0.05, 0.1) is 18.4 Å². The van der Waals surface area contributed by atoms with Gasteiger partial charge < -0.3 is 4.42 Å². The van der Waals surface area contributed by atoms with E-state index in [1.165, 1.54) is 0 Å². The quantitative estimate of drug-likeness (QED) is 0.536. The summed E-state index contributed by atoms with van der Waals surface area (Å²) in [7, 11) is 0. The van der Waals surface area contributed by atoms with Crippen LogP contribution in [-0.2, 0) is 22.6 Å². The van der Waals surface area contributed by atoms with Crippen LogP contribution < -0.4 is 10.9 Å². The van der Waals surface area contributed by atoms with Gasteiger partial charge in [0, 0.05) is 16.6 Å². The molecule has 0 radical (unpaired) electrons. The van der Waals surface area contributed by atoms with Gasteiger partial charge in [0.1, 0.15) is 12.1 Å². The van der Waals surface area contributed by atoms with E-state index in [4.69, 9.17) is 4.42 Å². The highest BCUT2D eigenvalue weighted by Crippen LogP contribution is 2.30. The number of fused-ring (bicyclic) bond motifs is 3. The minimum absolute atomic E-state index is 0.0409. The van der Waals surface area contributed by atoms with Crippen molar-refractivity contribution in [1.29, 1.82) is 0 Å². The lowest BCUT2D eigenvalue weighted by Crippen LogP contribution is -2.44. The highest BCUT2D eigenvalue weighted by atomic mass is 16.3. The zero-order valence-corrected chi connectivity index (χ0v) is 15.7. The van der Waals surface area contributed by atoms with Crippen molar-refractivity contribution in [3.05, 3.63) is 65.7 Å². The van der Waals surface area contributed by atoms with Gasteiger partial charge in [0.15, 0.2) is 0 Å². The number of rotatable bonds is 4. The second-order valence-electron chi connectivity index (χ2n) is 6.78. The van der Waals surface area contributed by atoms with Crippen molar-refractivity contribution in [1.82, 2.24) is 20.6 Å². The Morgan fingerprint density at radius 2 is 1.86 bits per heavy atom. The molecule has 4 rings (SSSR count). The lowest BCUT2D eigenvalue weighted by atomic mass is 10.0. The van der Waals surface area contributed by atoms with Crippen LogP contribution in [0.5, 0.6) is 0 Å². The van der Waals surface area contributed by atoms with Crippen molar-refractivity contribution in [2.24, 2.45) is 0 Å². The molecule has 0 spiro atoms. The van der Waals surface area contributed by atoms with E-state index in [0.29, 0.717) is 0 Å². The number of nitrogens with zero attached hydrogens (tertiary/aromatic N) is 2. The first kappa shape index (κ1) is 17.8. The fourth-order valence-corrected chi connectivity index (χ4v) is 3.37. The summed E-state index contributed by atoms with van der Waals surface area (Å²) in [4.78, 5) is 24.4. The van der Waals surface area contributed by atoms with E-state index in [1.54, 1.807) is 10.9 Å². The van der Waals surface area contributed by atoms with Gasteiger partial charge in [-0.1, -0.05) is 30.3 Å². The van der Waals surface area contributed by atoms with Gasteiger partial charge >= 0.3 is 0 Å². The Labute approximate surface area is 161 Å². The predicted molar refractivity (Wildman–Crippen MR) is 105 cm³/mol. The van der Waals surface area contributed by atoms with Gasteiger partial charge in [0.25, 0.3) is 5.91 Å². The number of furan rings is 1. The first-order valence-corrected chi connectivity index (χ1v) is 8.98. The van der Waals surface area contributed by atoms with Crippen molar-refractivity contribution < 1.29 is 14.0 Å². The summed E-state index contributed by atoms with van der Waals surface area (Å²) in [5.74, 6) is -0.667. The number of aromatic nitrogens is 2. The van der Waals surface area contributed by atoms with Crippen LogP contribution in [0, 0.1) is 13.8 Å². The predicted octanol–water partition coefficient (Wildman–Crippen LogP) is 2.79. The summed E-state index contributed by atoms with van der Waals surface area (Å²) in [5, 5.41) is 7.26. The van der Waals surface area contributed by atoms with Gasteiger partial charge in [-0.3, -0.25) is 25.1 Å². The van der Waals surface area contributed by atoms with E-state index in [9.17, 15) is 9.59 Å². The Morgan fingerprint density at radius 1 is 1.07 bits per heavy atom. The van der Waals surface area contributed by atoms with Crippen molar-refractivity contribution in [3.63, 3.8) is 0 Å². The molecule has 7 heteroatoms. The fourth-order valence-electron chi connectivity index (χ4n) is 3.37. The van der Waals surface area contributed by atoms with Crippen LogP contribution in [-0.4, -0.2) is 21.6 Å². The third-order valence-electron chi connectivity index (χ3n) is 4.63. The molecule has 2 aromatic carbocycles. The Hall–Kier alpha value is -3.61. The summed E-state index contributed by atoms with van der Waals surface area (Å²) >= 11 is 0. The van der Waals surface area contributed by atoms with Crippen LogP contribution in [0.4, 0.5) is 0 Å². The maximum absolute atomic E-state index is 12.3. The standard InChI is InChI=1S/C21H20N4O3/c1-13-9-14(2)25(24-13)11-20(27)23-22-19(26)10-16-12-28-18-8-7-15-5-3-4-6-17(15)21(16)18/h3-9,12H,10-11H2,1-2H3,(H,22,26)(H,23,27). The summed E-state index contributed by atoms with van der Waals surface area (Å²) in [6.07, 6.45) is 1.69. The first-order chi connectivity index (χ1) is 13.5. The SMILES string of the molecule is Cc1cc(C)n(CC(=O)NNC(=O)Cc2coc3ccc4ccccc4c23)n1. The van der Waals surface area contributed by atoms with Crippen LogP contribution in [0.1, 0.15) is 17.0 Å². The van der Waals surface area contributed by atoms with Gasteiger partial charge in [-0.15, -0.1) is 0 Å². The smallest absolute Gasteiger partial charge is 0.260 e. The normalized spacial score (nSPS) is 11.1. The van der Waals surface area contributed by atoms with E-state index in [0.717, 1.165) is 38.7 Å². The van der Waals surface area contributed by atoms with E-state index in [2.05, 4.69) is 16.0 Å². The molecular weight excluding hydrogens is 356 g/mol. The summed E-state index contributed by atoms with van der Waals surface area (Å²) in [6.45, 7) is 3.78. The molecule has 2 N–H and O–H groups in total. The number of nitrogens with one attached hydrogen (secondary N) is 2. The van der Waals surface area contributed by atoms with Crippen LogP contribution in [0.25, 0.3) is 21.7 Å². The minimum atomic E-state index is -0.345. The van der Waals surface area contributed by atoms with Crippen LogP contribution in [0.15, 0.2) is 53.1 Å². The average molecular weight is 376 g/mol. The lowest BCUT2D eigenvalue weighted by Gasteiger charge is -2.08. The fraction of sp³-hybridized carbons (Fsp3) is 0.190. The van der Waals surface area contributed by atoms with Gasteiger partial charge in [-0.25, -0.2) is 0 Å². The lowest BCUT2D eigenvalue weighted by molar-refractivity contribution is -0.129. The molecule has 0 bridgehead atoms. The van der Waals surface area contributed by atoms with Crippen LogP contribution >= 0.6 is 0 Å². The topological polar surface area (TPSA) is 89.2 Å². The molecule has 0 unspecified atom stereocenters. The Balaban J connectivity index is 1.43. The van der Waals surface area contributed by atoms with Gasteiger partial charge in [-0.2, -0.15) is 5.10 Å². The molecule has 7 nitrogen and oxygen atoms in total. The number of aryl methyl sites for hydroxylation is 2. The van der Waals surface area contributed by atoms with Crippen molar-refractivity contribution in [2.75, 3.05) is 0 Å². The number of carbonyl (C=O) groups excluding carboxylic acids is 2. The Morgan fingerprint density at radius 3 is 2.64 bits per heavy atom. The zero-order chi connectivity index (χ0) is 19.7. The van der Waals surface area contributed by atoms with E-state index in [1.807, 2.05) is 56.3 Å². The molecule has 0 aliphatic rings. The highest BCUT2D eigenvalue weighted by Gasteiger charge is 2.14. The Bertz CT molecular complexity index is 1190. The van der Waals surface area contributed by atoms with Gasteiger partial charge in [0.2, 0.25) is 5.91 Å². The molecular formula is C21H20N4O3. The molecule has 142 valence electrons. The van der Waals surface area contributed by atoms with E-state index < -0.39 is 0 Å². The van der Waals surface area contributed by atoms with Crippen molar-refractivity contribution in [2.45, 2.75) is 26.8 Å². The Kier molecular flexibility index (Phi) is 4.57. The largest absolute Gasteiger partial charge is 0.464 e. The highest BCUT2D eigenvalue weighted by molar-refractivity contribution is 6.08. The number of hydrogen-bond donors (Lipinski definition) is 2. The number of hydrazine groups is 1. The van der Waals surface area contributed by atoms with Crippen LogP contribution in [0.2, 0.25) is 0 Å². The number of hydrogen-bond acceptors (Lipinski definition) is 4. The molecule has 2 aromatic heterocycles. The molecule has 2 amide bonds. The second kappa shape index (κ2) is 7.19. The molecule has 4 aromatic rings. The molecule has 0 aliphatic heterocycles. The van der Waals surface area contributed by atoms with E-state index >= 15 is 0 Å². The molecule has 2 heterocycles. The van der Waals surface area contributed by atoms with Crippen molar-refractivity contribution in [3.8, 4) is 0 Å². The third-order valence-corrected chi connectivity index (χ3v) is 4.63. The zero-order valence-electron chi connectivity index (χ0n) is 15.7. The van der Waals surface area contributed by atoms with Crippen molar-refractivity contribution >= 4 is 33.6 Å². The molecule has 0 aliphatic carbocycles. The van der Waals surface area contributed by atoms with E-state index in [-0.39, 0.29) is 24.8 Å². The molecule has 28 heavy (non-hydrogen) atoms. The molecule has 0 atom stereocenters. The monoisotopic (exact) mass is 376 g/mol. The number of carbonyl (C=O) groups is 2. The van der Waals surface area contributed by atoms with Gasteiger partial charge in [-0.05, 0) is 36.8 Å². The first-order valence-electron chi connectivity index (χ1n) is 8.98. The summed E-state index contributed by atoms with van der Waals surface area (Å²) in [6, 6.07) is 13.7. The maximum atomic E-state index is 12.3. The average Bonchev–Trinajstić information content (AvgIpc) is 3.22. The number of amides is 2. The number of benzene rings is 2. The molecule has 0 fully saturated rings. The summed E-state index contributed by atoms with van der Waals surface area (Å²) < 4.78 is 7.19.